The number of nitrogen functional groups attached to an aromatic ring is 1. The van der Waals surface area contributed by atoms with Crippen LogP contribution in [0.5, 0.6) is 0 Å². The molecule has 0 spiro atoms. The van der Waals surface area contributed by atoms with Crippen LogP contribution in [-0.2, 0) is 0 Å². The molecule has 0 aliphatic rings. The van der Waals surface area contributed by atoms with Crippen LogP contribution in [0.1, 0.15) is 26.2 Å². The van der Waals surface area contributed by atoms with Crippen molar-refractivity contribution < 1.29 is 8.78 Å². The van der Waals surface area contributed by atoms with E-state index in [-0.39, 0.29) is 11.6 Å². The summed E-state index contributed by atoms with van der Waals surface area (Å²) in [5.41, 5.74) is 2.07. The number of pyridine rings is 1. The standard InChI is InChI=1S/C10H16F2N4/c1-2-3-4-5-14-9-7(11)6-8(12)10(15-9)16-13/h6H,2-5,13H2,1H3,(H2,14,15,16). The first kappa shape index (κ1) is 12.6. The smallest absolute Gasteiger partial charge is 0.178 e. The lowest BCUT2D eigenvalue weighted by atomic mass is 10.2. The zero-order chi connectivity index (χ0) is 12.0. The van der Waals surface area contributed by atoms with E-state index in [4.69, 9.17) is 5.84 Å². The van der Waals surface area contributed by atoms with E-state index in [9.17, 15) is 8.78 Å². The molecule has 0 radical (unpaired) electrons. The number of hydrogen-bond donors (Lipinski definition) is 3. The number of aromatic nitrogens is 1. The third-order valence-corrected chi connectivity index (χ3v) is 2.14. The van der Waals surface area contributed by atoms with Crippen LogP contribution in [-0.4, -0.2) is 11.5 Å². The van der Waals surface area contributed by atoms with Crippen molar-refractivity contribution in [3.8, 4) is 0 Å². The Kier molecular flexibility index (Phi) is 4.91. The van der Waals surface area contributed by atoms with Crippen molar-refractivity contribution in [3.63, 3.8) is 0 Å². The third kappa shape index (κ3) is 3.30. The number of halogens is 2. The minimum atomic E-state index is -0.806. The van der Waals surface area contributed by atoms with E-state index in [1.165, 1.54) is 0 Å². The lowest BCUT2D eigenvalue weighted by Crippen LogP contribution is -2.13. The Labute approximate surface area is 93.2 Å². The van der Waals surface area contributed by atoms with Crippen LogP contribution >= 0.6 is 0 Å². The molecule has 16 heavy (non-hydrogen) atoms. The topological polar surface area (TPSA) is 63.0 Å². The fourth-order valence-corrected chi connectivity index (χ4v) is 1.27. The van der Waals surface area contributed by atoms with Crippen molar-refractivity contribution in [2.24, 2.45) is 5.84 Å². The third-order valence-electron chi connectivity index (χ3n) is 2.14. The van der Waals surface area contributed by atoms with Crippen molar-refractivity contribution in [3.05, 3.63) is 17.7 Å². The Morgan fingerprint density at radius 3 is 2.56 bits per heavy atom. The average molecular weight is 230 g/mol. The van der Waals surface area contributed by atoms with Gasteiger partial charge in [0.15, 0.2) is 23.3 Å². The maximum absolute atomic E-state index is 13.2. The first-order chi connectivity index (χ1) is 7.69. The molecule has 1 aromatic heterocycles. The van der Waals surface area contributed by atoms with Crippen LogP contribution < -0.4 is 16.6 Å². The summed E-state index contributed by atoms with van der Waals surface area (Å²) in [6.07, 6.45) is 3.05. The van der Waals surface area contributed by atoms with E-state index < -0.39 is 11.6 Å². The predicted octanol–water partition coefficient (Wildman–Crippen LogP) is 2.25. The Morgan fingerprint density at radius 2 is 1.94 bits per heavy atom. The van der Waals surface area contributed by atoms with Crippen LogP contribution in [0.4, 0.5) is 20.4 Å². The van der Waals surface area contributed by atoms with Gasteiger partial charge in [0.1, 0.15) is 0 Å². The van der Waals surface area contributed by atoms with Gasteiger partial charge >= 0.3 is 0 Å². The van der Waals surface area contributed by atoms with Crippen molar-refractivity contribution in [2.45, 2.75) is 26.2 Å². The highest BCUT2D eigenvalue weighted by molar-refractivity contribution is 5.46. The lowest BCUT2D eigenvalue weighted by Gasteiger charge is -2.08. The molecule has 1 heterocycles. The van der Waals surface area contributed by atoms with Crippen molar-refractivity contribution in [1.29, 1.82) is 0 Å². The number of hydrogen-bond acceptors (Lipinski definition) is 4. The number of unbranched alkanes of at least 4 members (excludes halogenated alkanes) is 2. The first-order valence-electron chi connectivity index (χ1n) is 5.25. The number of nitrogens with two attached hydrogens (primary N) is 1. The molecule has 4 nitrogen and oxygen atoms in total. The molecule has 4 N–H and O–H groups in total. The molecule has 0 saturated carbocycles. The molecular weight excluding hydrogens is 214 g/mol. The Hall–Kier alpha value is -1.43. The normalized spacial score (nSPS) is 10.2. The zero-order valence-electron chi connectivity index (χ0n) is 9.19. The second-order valence-electron chi connectivity index (χ2n) is 3.43. The maximum Gasteiger partial charge on any atom is 0.178 e. The number of nitrogens with one attached hydrogen (secondary N) is 2. The molecule has 0 aliphatic heterocycles. The summed E-state index contributed by atoms with van der Waals surface area (Å²) in [4.78, 5) is 3.69. The van der Waals surface area contributed by atoms with Crippen molar-refractivity contribution >= 4 is 11.6 Å². The molecule has 0 bridgehead atoms. The fourth-order valence-electron chi connectivity index (χ4n) is 1.27. The summed E-state index contributed by atoms with van der Waals surface area (Å²) >= 11 is 0. The van der Waals surface area contributed by atoms with E-state index in [2.05, 4.69) is 22.7 Å². The molecule has 6 heteroatoms. The van der Waals surface area contributed by atoms with E-state index in [0.717, 1.165) is 25.3 Å². The van der Waals surface area contributed by atoms with Gasteiger partial charge in [0, 0.05) is 12.6 Å². The molecule has 90 valence electrons. The number of hydrazine groups is 1. The van der Waals surface area contributed by atoms with E-state index >= 15 is 0 Å². The van der Waals surface area contributed by atoms with Gasteiger partial charge in [-0.3, -0.25) is 0 Å². The van der Waals surface area contributed by atoms with Crippen LogP contribution in [0.25, 0.3) is 0 Å². The quantitative estimate of drug-likeness (QED) is 0.398. The minimum Gasteiger partial charge on any atom is -0.368 e. The molecule has 0 fully saturated rings. The Balaban J connectivity index is 2.64. The van der Waals surface area contributed by atoms with Gasteiger partial charge in [-0.1, -0.05) is 19.8 Å². The molecule has 0 atom stereocenters. The van der Waals surface area contributed by atoms with Crippen molar-refractivity contribution in [1.82, 2.24) is 4.98 Å². The monoisotopic (exact) mass is 230 g/mol. The molecule has 1 rings (SSSR count). The van der Waals surface area contributed by atoms with Crippen LogP contribution in [0.3, 0.4) is 0 Å². The van der Waals surface area contributed by atoms with Gasteiger partial charge in [-0.05, 0) is 6.42 Å². The highest BCUT2D eigenvalue weighted by Gasteiger charge is 2.10. The van der Waals surface area contributed by atoms with Crippen LogP contribution in [0.15, 0.2) is 6.07 Å². The van der Waals surface area contributed by atoms with E-state index in [1.54, 1.807) is 0 Å². The summed E-state index contributed by atoms with van der Waals surface area (Å²) < 4.78 is 26.2. The zero-order valence-corrected chi connectivity index (χ0v) is 9.19. The maximum atomic E-state index is 13.2. The SMILES string of the molecule is CCCCCNc1nc(NN)c(F)cc1F. The van der Waals surface area contributed by atoms with Gasteiger partial charge in [0.25, 0.3) is 0 Å². The second kappa shape index (κ2) is 6.22. The Bertz CT molecular complexity index is 344. The first-order valence-corrected chi connectivity index (χ1v) is 5.25. The van der Waals surface area contributed by atoms with Gasteiger partial charge in [0.2, 0.25) is 0 Å². The summed E-state index contributed by atoms with van der Waals surface area (Å²) in [5, 5.41) is 2.80. The number of anilines is 2. The molecule has 0 amide bonds. The lowest BCUT2D eigenvalue weighted by molar-refractivity contribution is 0.577. The highest BCUT2D eigenvalue weighted by Crippen LogP contribution is 2.18. The van der Waals surface area contributed by atoms with E-state index in [1.807, 2.05) is 0 Å². The van der Waals surface area contributed by atoms with Gasteiger partial charge in [0.05, 0.1) is 0 Å². The van der Waals surface area contributed by atoms with Gasteiger partial charge in [-0.2, -0.15) is 0 Å². The minimum absolute atomic E-state index is 0.0189. The molecule has 0 unspecified atom stereocenters. The second-order valence-corrected chi connectivity index (χ2v) is 3.43. The summed E-state index contributed by atoms with van der Waals surface area (Å²) in [6, 6.07) is 0.754. The summed E-state index contributed by atoms with van der Waals surface area (Å²) in [5.74, 6) is 3.37. The van der Waals surface area contributed by atoms with Gasteiger partial charge < -0.3 is 10.7 Å². The van der Waals surface area contributed by atoms with Gasteiger partial charge in [-0.15, -0.1) is 0 Å². The number of rotatable bonds is 6. The molecule has 0 aliphatic carbocycles. The molecule has 0 saturated heterocycles. The predicted molar refractivity (Wildman–Crippen MR) is 60.0 cm³/mol. The number of nitrogens with zero attached hydrogens (tertiary/aromatic N) is 1. The Morgan fingerprint density at radius 1 is 1.25 bits per heavy atom. The molecule has 0 aromatic carbocycles. The van der Waals surface area contributed by atoms with Crippen LogP contribution in [0, 0.1) is 11.6 Å². The fraction of sp³-hybridized carbons (Fsp3) is 0.500. The molecule has 1 aromatic rings. The molecular formula is C10H16F2N4. The van der Waals surface area contributed by atoms with Crippen molar-refractivity contribution in [2.75, 3.05) is 17.3 Å². The van der Waals surface area contributed by atoms with Gasteiger partial charge in [-0.25, -0.2) is 19.6 Å². The average Bonchev–Trinajstić information content (AvgIpc) is 2.27. The van der Waals surface area contributed by atoms with E-state index in [0.29, 0.717) is 6.54 Å². The highest BCUT2D eigenvalue weighted by atomic mass is 19.1. The largest absolute Gasteiger partial charge is 0.368 e. The summed E-state index contributed by atoms with van der Waals surface area (Å²) in [7, 11) is 0. The summed E-state index contributed by atoms with van der Waals surface area (Å²) in [6.45, 7) is 2.68. The van der Waals surface area contributed by atoms with Crippen LogP contribution in [0.2, 0.25) is 0 Å².